The summed E-state index contributed by atoms with van der Waals surface area (Å²) < 4.78 is 30.6. The molecule has 0 N–H and O–H groups in total. The molecule has 0 aliphatic rings. The Hall–Kier alpha value is -0.780. The minimum Gasteiger partial charge on any atom is -0.497 e. The third-order valence-corrected chi connectivity index (χ3v) is 5.39. The molecule has 0 aliphatic carbocycles. The fraction of sp³-hybridized carbons (Fsp3) is 0.538. The van der Waals surface area contributed by atoms with E-state index in [0.717, 1.165) is 11.3 Å². The van der Waals surface area contributed by atoms with Gasteiger partial charge in [0, 0.05) is 19.5 Å². The first-order valence-electron chi connectivity index (χ1n) is 6.02. The second-order valence-electron chi connectivity index (χ2n) is 4.64. The Morgan fingerprint density at radius 1 is 1.32 bits per heavy atom. The van der Waals surface area contributed by atoms with Crippen LogP contribution in [0.2, 0.25) is 0 Å². The fourth-order valence-electron chi connectivity index (χ4n) is 1.62. The van der Waals surface area contributed by atoms with Gasteiger partial charge in [-0.3, -0.25) is 0 Å². The first-order valence-corrected chi connectivity index (χ1v) is 8.16. The number of rotatable bonds is 7. The van der Waals surface area contributed by atoms with Crippen molar-refractivity contribution in [2.45, 2.75) is 13.5 Å². The Labute approximate surface area is 120 Å². The lowest BCUT2D eigenvalue weighted by molar-refractivity contribution is 0.414. The molecule has 0 heterocycles. The molecule has 0 aromatic heterocycles. The molecular weight excluding hydrogens is 286 g/mol. The summed E-state index contributed by atoms with van der Waals surface area (Å²) in [5.74, 6) is 1.12. The highest BCUT2D eigenvalue weighted by Crippen LogP contribution is 2.15. The standard InChI is InChI=1S/C13H20ClNO3S/c1-11(8-14)10-19(16,17)15(2)9-12-4-6-13(18-3)7-5-12/h4-7,11H,8-10H2,1-3H3. The van der Waals surface area contributed by atoms with Crippen LogP contribution in [-0.2, 0) is 16.6 Å². The maximum Gasteiger partial charge on any atom is 0.214 e. The smallest absolute Gasteiger partial charge is 0.214 e. The van der Waals surface area contributed by atoms with Gasteiger partial charge in [-0.25, -0.2) is 12.7 Å². The number of hydrogen-bond donors (Lipinski definition) is 0. The minimum absolute atomic E-state index is 0.0509. The van der Waals surface area contributed by atoms with Crippen LogP contribution < -0.4 is 4.74 Å². The molecule has 1 rings (SSSR count). The molecule has 6 heteroatoms. The van der Waals surface area contributed by atoms with Gasteiger partial charge in [0.25, 0.3) is 0 Å². The molecule has 1 atom stereocenters. The molecule has 0 fully saturated rings. The van der Waals surface area contributed by atoms with E-state index in [1.807, 2.05) is 31.2 Å². The molecular formula is C13H20ClNO3S. The van der Waals surface area contributed by atoms with Gasteiger partial charge in [-0.15, -0.1) is 11.6 Å². The summed E-state index contributed by atoms with van der Waals surface area (Å²) in [5.41, 5.74) is 0.922. The van der Waals surface area contributed by atoms with Crippen molar-refractivity contribution >= 4 is 21.6 Å². The summed E-state index contributed by atoms with van der Waals surface area (Å²) in [4.78, 5) is 0. The van der Waals surface area contributed by atoms with Gasteiger partial charge in [0.15, 0.2) is 0 Å². The monoisotopic (exact) mass is 305 g/mol. The third-order valence-electron chi connectivity index (χ3n) is 2.80. The molecule has 0 spiro atoms. The normalized spacial score (nSPS) is 13.5. The summed E-state index contributed by atoms with van der Waals surface area (Å²) >= 11 is 5.66. The van der Waals surface area contributed by atoms with E-state index in [0.29, 0.717) is 12.4 Å². The number of halogens is 1. The lowest BCUT2D eigenvalue weighted by atomic mass is 10.2. The second kappa shape index (κ2) is 7.12. The highest BCUT2D eigenvalue weighted by molar-refractivity contribution is 7.89. The number of ether oxygens (including phenoxy) is 1. The molecule has 1 aromatic carbocycles. The van der Waals surface area contributed by atoms with Gasteiger partial charge < -0.3 is 4.74 Å². The Balaban J connectivity index is 2.69. The van der Waals surface area contributed by atoms with Crippen LogP contribution in [-0.4, -0.2) is 38.5 Å². The van der Waals surface area contributed by atoms with Gasteiger partial charge in [0.1, 0.15) is 5.75 Å². The summed E-state index contributed by atoms with van der Waals surface area (Å²) in [6.45, 7) is 2.17. The third kappa shape index (κ3) is 5.01. The molecule has 0 saturated heterocycles. The number of sulfonamides is 1. The van der Waals surface area contributed by atoms with E-state index in [9.17, 15) is 8.42 Å². The average molecular weight is 306 g/mol. The van der Waals surface area contributed by atoms with Crippen molar-refractivity contribution in [1.29, 1.82) is 0 Å². The van der Waals surface area contributed by atoms with Gasteiger partial charge in [0.2, 0.25) is 10.0 Å². The van der Waals surface area contributed by atoms with Gasteiger partial charge >= 0.3 is 0 Å². The summed E-state index contributed by atoms with van der Waals surface area (Å²) in [6, 6.07) is 7.35. The Kier molecular flexibility index (Phi) is 6.10. The topological polar surface area (TPSA) is 46.6 Å². The number of benzene rings is 1. The molecule has 0 aliphatic heterocycles. The molecule has 0 saturated carbocycles. The summed E-state index contributed by atoms with van der Waals surface area (Å²) in [6.07, 6.45) is 0. The van der Waals surface area contributed by atoms with E-state index in [2.05, 4.69) is 0 Å². The number of hydrogen-bond acceptors (Lipinski definition) is 3. The lowest BCUT2D eigenvalue weighted by Crippen LogP contribution is -2.31. The SMILES string of the molecule is COc1ccc(CN(C)S(=O)(=O)CC(C)CCl)cc1. The maximum atomic E-state index is 12.1. The predicted octanol–water partition coefficient (Wildman–Crippen LogP) is 2.33. The van der Waals surface area contributed by atoms with Crippen molar-refractivity contribution in [2.75, 3.05) is 25.8 Å². The van der Waals surface area contributed by atoms with Gasteiger partial charge in [-0.05, 0) is 23.6 Å². The number of alkyl halides is 1. The first kappa shape index (κ1) is 16.3. The van der Waals surface area contributed by atoms with Crippen molar-refractivity contribution in [1.82, 2.24) is 4.31 Å². The zero-order valence-electron chi connectivity index (χ0n) is 11.5. The van der Waals surface area contributed by atoms with E-state index in [4.69, 9.17) is 16.3 Å². The van der Waals surface area contributed by atoms with Crippen LogP contribution in [0.15, 0.2) is 24.3 Å². The van der Waals surface area contributed by atoms with E-state index >= 15 is 0 Å². The largest absolute Gasteiger partial charge is 0.497 e. The Morgan fingerprint density at radius 3 is 2.37 bits per heavy atom. The van der Waals surface area contributed by atoms with Crippen molar-refractivity contribution in [3.05, 3.63) is 29.8 Å². The van der Waals surface area contributed by atoms with Crippen molar-refractivity contribution in [3.8, 4) is 5.75 Å². The van der Waals surface area contributed by atoms with Crippen LogP contribution >= 0.6 is 11.6 Å². The van der Waals surface area contributed by atoms with E-state index in [1.54, 1.807) is 14.2 Å². The van der Waals surface area contributed by atoms with Gasteiger partial charge in [0.05, 0.1) is 12.9 Å². The van der Waals surface area contributed by atoms with Crippen LogP contribution in [0.25, 0.3) is 0 Å². The molecule has 108 valence electrons. The van der Waals surface area contributed by atoms with Crippen LogP contribution in [0.5, 0.6) is 5.75 Å². The summed E-state index contributed by atoms with van der Waals surface area (Å²) in [5, 5.41) is 0. The zero-order valence-corrected chi connectivity index (χ0v) is 13.0. The Bertz CT molecular complexity index is 487. The van der Waals surface area contributed by atoms with Gasteiger partial charge in [-0.2, -0.15) is 0 Å². The molecule has 0 bridgehead atoms. The zero-order chi connectivity index (χ0) is 14.5. The fourth-order valence-corrected chi connectivity index (χ4v) is 3.29. The quantitative estimate of drug-likeness (QED) is 0.726. The number of nitrogens with zero attached hydrogens (tertiary/aromatic N) is 1. The molecule has 1 aromatic rings. The first-order chi connectivity index (χ1) is 8.89. The highest BCUT2D eigenvalue weighted by Gasteiger charge is 2.20. The molecule has 19 heavy (non-hydrogen) atoms. The average Bonchev–Trinajstić information content (AvgIpc) is 2.39. The summed E-state index contributed by atoms with van der Waals surface area (Å²) in [7, 11) is -0.0877. The minimum atomic E-state index is -3.27. The highest BCUT2D eigenvalue weighted by atomic mass is 35.5. The predicted molar refractivity (Wildman–Crippen MR) is 78.1 cm³/mol. The molecule has 0 amide bonds. The van der Waals surface area contributed by atoms with Crippen LogP contribution in [0.1, 0.15) is 12.5 Å². The molecule has 1 unspecified atom stereocenters. The van der Waals surface area contributed by atoms with Crippen LogP contribution in [0, 0.1) is 5.92 Å². The van der Waals surface area contributed by atoms with E-state index in [1.165, 1.54) is 4.31 Å². The lowest BCUT2D eigenvalue weighted by Gasteiger charge is -2.19. The molecule has 4 nitrogen and oxygen atoms in total. The van der Waals surface area contributed by atoms with Gasteiger partial charge in [-0.1, -0.05) is 19.1 Å². The molecule has 0 radical (unpaired) electrons. The Morgan fingerprint density at radius 2 is 1.89 bits per heavy atom. The second-order valence-corrected chi connectivity index (χ2v) is 7.07. The van der Waals surface area contributed by atoms with Crippen molar-refractivity contribution < 1.29 is 13.2 Å². The van der Waals surface area contributed by atoms with Crippen molar-refractivity contribution in [2.24, 2.45) is 5.92 Å². The van der Waals surface area contributed by atoms with Crippen molar-refractivity contribution in [3.63, 3.8) is 0 Å². The number of methoxy groups -OCH3 is 1. The van der Waals surface area contributed by atoms with E-state index < -0.39 is 10.0 Å². The van der Waals surface area contributed by atoms with E-state index in [-0.39, 0.29) is 11.7 Å². The maximum absolute atomic E-state index is 12.1. The van der Waals surface area contributed by atoms with Crippen LogP contribution in [0.3, 0.4) is 0 Å². The van der Waals surface area contributed by atoms with Crippen LogP contribution in [0.4, 0.5) is 0 Å².